The van der Waals surface area contributed by atoms with Crippen molar-refractivity contribution in [2.45, 2.75) is 6.54 Å². The highest BCUT2D eigenvalue weighted by Gasteiger charge is 2.12. The van der Waals surface area contributed by atoms with E-state index in [1.54, 1.807) is 24.3 Å². The molecule has 0 aliphatic carbocycles. The van der Waals surface area contributed by atoms with Gasteiger partial charge in [0.25, 0.3) is 5.56 Å². The monoisotopic (exact) mass is 314 g/mol. The van der Waals surface area contributed by atoms with Gasteiger partial charge in [-0.25, -0.2) is 9.59 Å². The summed E-state index contributed by atoms with van der Waals surface area (Å²) < 4.78 is 4.54. The highest BCUT2D eigenvalue weighted by Crippen LogP contribution is 2.01. The van der Waals surface area contributed by atoms with Crippen LogP contribution in [0.5, 0.6) is 0 Å². The zero-order valence-electron chi connectivity index (χ0n) is 12.6. The first kappa shape index (κ1) is 14.7. The topological polar surface area (TPSA) is 96.7 Å². The van der Waals surface area contributed by atoms with Crippen LogP contribution >= 0.6 is 0 Å². The Morgan fingerprint density at radius 3 is 2.30 bits per heavy atom. The first-order chi connectivity index (χ1) is 11.0. The summed E-state index contributed by atoms with van der Waals surface area (Å²) in [6.07, 6.45) is 0. The van der Waals surface area contributed by atoms with Crippen LogP contribution < -0.4 is 16.9 Å². The van der Waals surface area contributed by atoms with Crippen LogP contribution in [0, 0.1) is 0 Å². The average molecular weight is 314 g/mol. The quantitative estimate of drug-likeness (QED) is 0.610. The van der Waals surface area contributed by atoms with Gasteiger partial charge >= 0.3 is 11.4 Å². The average Bonchev–Trinajstić information content (AvgIpc) is 2.92. The summed E-state index contributed by atoms with van der Waals surface area (Å²) in [4.78, 5) is 36.0. The molecule has 1 aromatic carbocycles. The van der Waals surface area contributed by atoms with Crippen molar-refractivity contribution < 1.29 is 0 Å². The molecule has 0 unspecified atom stereocenters. The third-order valence-electron chi connectivity index (χ3n) is 3.58. The Balaban J connectivity index is 2.04. The van der Waals surface area contributed by atoms with Crippen molar-refractivity contribution in [1.82, 2.24) is 28.9 Å². The molecule has 2 aromatic heterocycles. The van der Waals surface area contributed by atoms with Crippen LogP contribution in [0.3, 0.4) is 0 Å². The minimum atomic E-state index is -0.462. The van der Waals surface area contributed by atoms with Crippen molar-refractivity contribution in [2.75, 3.05) is 0 Å². The lowest BCUT2D eigenvalue weighted by molar-refractivity contribution is 0.572. The molecule has 9 nitrogen and oxygen atoms in total. The van der Waals surface area contributed by atoms with Crippen LogP contribution in [0.25, 0.3) is 5.69 Å². The van der Waals surface area contributed by atoms with Crippen LogP contribution in [0.2, 0.25) is 0 Å². The van der Waals surface area contributed by atoms with Crippen molar-refractivity contribution in [1.29, 1.82) is 0 Å². The second-order valence-electron chi connectivity index (χ2n) is 5.04. The SMILES string of the molecule is Cn1c(Cn2nnn(-c3ccccc3)c2=O)cc(=O)n(C)c1=O. The predicted octanol–water partition coefficient (Wildman–Crippen LogP) is -1.13. The fourth-order valence-electron chi connectivity index (χ4n) is 2.19. The number of hydrogen-bond donors (Lipinski definition) is 0. The second kappa shape index (κ2) is 5.52. The first-order valence-corrected chi connectivity index (χ1v) is 6.83. The lowest BCUT2D eigenvalue weighted by Gasteiger charge is -2.08. The smallest absolute Gasteiger partial charge is 0.299 e. The molecule has 3 rings (SSSR count). The Labute approximate surface area is 129 Å². The van der Waals surface area contributed by atoms with Crippen molar-refractivity contribution >= 4 is 0 Å². The van der Waals surface area contributed by atoms with E-state index in [-0.39, 0.29) is 6.54 Å². The zero-order chi connectivity index (χ0) is 16.6. The molecule has 118 valence electrons. The molecule has 0 fully saturated rings. The van der Waals surface area contributed by atoms with Gasteiger partial charge in [0.1, 0.15) is 0 Å². The van der Waals surface area contributed by atoms with E-state index in [2.05, 4.69) is 10.4 Å². The van der Waals surface area contributed by atoms with Gasteiger partial charge in [-0.1, -0.05) is 18.2 Å². The minimum Gasteiger partial charge on any atom is -0.299 e. The van der Waals surface area contributed by atoms with Crippen LogP contribution in [0.1, 0.15) is 5.69 Å². The Morgan fingerprint density at radius 1 is 0.913 bits per heavy atom. The summed E-state index contributed by atoms with van der Waals surface area (Å²) in [7, 11) is 2.93. The molecule has 0 aliphatic heterocycles. The predicted molar refractivity (Wildman–Crippen MR) is 81.6 cm³/mol. The van der Waals surface area contributed by atoms with Gasteiger partial charge in [0, 0.05) is 25.9 Å². The van der Waals surface area contributed by atoms with Crippen molar-refractivity contribution in [3.8, 4) is 5.69 Å². The molecule has 3 aromatic rings. The summed E-state index contributed by atoms with van der Waals surface area (Å²) in [5.74, 6) is 0. The number of tetrazole rings is 1. The maximum absolute atomic E-state index is 12.4. The van der Waals surface area contributed by atoms with Gasteiger partial charge < -0.3 is 0 Å². The van der Waals surface area contributed by atoms with Gasteiger partial charge in [-0.05, 0) is 22.6 Å². The lowest BCUT2D eigenvalue weighted by atomic mass is 10.3. The molecule has 0 N–H and O–H groups in total. The van der Waals surface area contributed by atoms with Crippen LogP contribution in [-0.4, -0.2) is 28.9 Å². The third-order valence-corrected chi connectivity index (χ3v) is 3.58. The summed E-state index contributed by atoms with van der Waals surface area (Å²) in [5.41, 5.74) is -0.395. The van der Waals surface area contributed by atoms with Gasteiger partial charge in [0.2, 0.25) is 0 Å². The second-order valence-corrected chi connectivity index (χ2v) is 5.04. The van der Waals surface area contributed by atoms with Crippen molar-refractivity contribution in [2.24, 2.45) is 14.1 Å². The van der Waals surface area contributed by atoms with E-state index < -0.39 is 16.9 Å². The number of para-hydroxylation sites is 1. The van der Waals surface area contributed by atoms with E-state index >= 15 is 0 Å². The highest BCUT2D eigenvalue weighted by atomic mass is 16.2. The molecule has 23 heavy (non-hydrogen) atoms. The van der Waals surface area contributed by atoms with Gasteiger partial charge in [0.05, 0.1) is 12.2 Å². The van der Waals surface area contributed by atoms with Gasteiger partial charge in [0.15, 0.2) is 0 Å². The highest BCUT2D eigenvalue weighted by molar-refractivity contribution is 5.28. The van der Waals surface area contributed by atoms with E-state index in [9.17, 15) is 14.4 Å². The van der Waals surface area contributed by atoms with Gasteiger partial charge in [-0.15, -0.1) is 0 Å². The van der Waals surface area contributed by atoms with Crippen molar-refractivity contribution in [3.63, 3.8) is 0 Å². The number of benzene rings is 1. The molecular weight excluding hydrogens is 300 g/mol. The van der Waals surface area contributed by atoms with E-state index in [0.717, 1.165) is 13.9 Å². The molecular formula is C14H14N6O3. The molecule has 0 amide bonds. The molecule has 0 radical (unpaired) electrons. The number of hydrogen-bond acceptors (Lipinski definition) is 5. The fraction of sp³-hybridized carbons (Fsp3) is 0.214. The Hall–Kier alpha value is -3.23. The third kappa shape index (κ3) is 2.52. The molecule has 0 saturated carbocycles. The Kier molecular flexibility index (Phi) is 3.53. The van der Waals surface area contributed by atoms with E-state index in [4.69, 9.17) is 0 Å². The first-order valence-electron chi connectivity index (χ1n) is 6.83. The number of rotatable bonds is 3. The molecule has 0 spiro atoms. The largest absolute Gasteiger partial charge is 0.368 e. The summed E-state index contributed by atoms with van der Waals surface area (Å²) in [5, 5.41) is 7.62. The molecule has 0 saturated heterocycles. The summed E-state index contributed by atoms with van der Waals surface area (Å²) in [6.45, 7) is -0.0204. The molecule has 0 atom stereocenters. The maximum Gasteiger partial charge on any atom is 0.368 e. The minimum absolute atomic E-state index is 0.0204. The van der Waals surface area contributed by atoms with Crippen LogP contribution in [0.15, 0.2) is 50.8 Å². The number of aromatic nitrogens is 6. The Morgan fingerprint density at radius 2 is 1.61 bits per heavy atom. The van der Waals surface area contributed by atoms with Crippen LogP contribution in [0.4, 0.5) is 0 Å². The van der Waals surface area contributed by atoms with E-state index in [1.165, 1.54) is 24.7 Å². The normalized spacial score (nSPS) is 10.9. The van der Waals surface area contributed by atoms with Crippen molar-refractivity contribution in [3.05, 3.63) is 73.4 Å². The standard InChI is InChI=1S/C14H14N6O3/c1-17-11(8-12(21)18(2)13(17)22)9-19-14(23)20(16-15-19)10-6-4-3-5-7-10/h3-8H,9H2,1-2H3. The maximum atomic E-state index is 12.4. The zero-order valence-corrected chi connectivity index (χ0v) is 12.6. The van der Waals surface area contributed by atoms with E-state index in [1.807, 2.05) is 6.07 Å². The lowest BCUT2D eigenvalue weighted by Crippen LogP contribution is -2.39. The molecule has 2 heterocycles. The van der Waals surface area contributed by atoms with Gasteiger partial charge in [-0.3, -0.25) is 13.9 Å². The summed E-state index contributed by atoms with van der Waals surface area (Å²) >= 11 is 0. The molecule has 0 aliphatic rings. The van der Waals surface area contributed by atoms with Crippen LogP contribution in [-0.2, 0) is 20.6 Å². The van der Waals surface area contributed by atoms with E-state index in [0.29, 0.717) is 11.4 Å². The number of nitrogens with zero attached hydrogens (tertiary/aromatic N) is 6. The summed E-state index contributed by atoms with van der Waals surface area (Å²) in [6, 6.07) is 10.2. The molecule has 9 heteroatoms. The Bertz CT molecular complexity index is 1030. The molecule has 0 bridgehead atoms. The fourth-order valence-corrected chi connectivity index (χ4v) is 2.19. The van der Waals surface area contributed by atoms with Gasteiger partial charge in [-0.2, -0.15) is 9.36 Å².